The highest BCUT2D eigenvalue weighted by Gasteiger charge is 2.17. The molecule has 0 radical (unpaired) electrons. The summed E-state index contributed by atoms with van der Waals surface area (Å²) in [6.45, 7) is 4.47. The Bertz CT molecular complexity index is 171. The second kappa shape index (κ2) is 14.3. The van der Waals surface area contributed by atoms with Gasteiger partial charge in [0.2, 0.25) is 0 Å². The molecule has 1 N–H and O–H groups in total. The number of methoxy groups -OCH3 is 1. The second-order valence-corrected chi connectivity index (χ2v) is 5.75. The molecule has 0 bridgehead atoms. The maximum absolute atomic E-state index is 10.1. The van der Waals surface area contributed by atoms with Crippen molar-refractivity contribution in [3.8, 4) is 0 Å². The monoisotopic (exact) mass is 272 g/mol. The van der Waals surface area contributed by atoms with Gasteiger partial charge in [-0.25, -0.2) is 0 Å². The molecule has 2 heteroatoms. The van der Waals surface area contributed by atoms with E-state index in [1.165, 1.54) is 57.8 Å². The van der Waals surface area contributed by atoms with Gasteiger partial charge in [-0.2, -0.15) is 0 Å². The van der Waals surface area contributed by atoms with Crippen molar-refractivity contribution in [1.29, 1.82) is 0 Å². The molecular formula is C17H36O2. The van der Waals surface area contributed by atoms with E-state index < -0.39 is 0 Å². The second-order valence-electron chi connectivity index (χ2n) is 5.75. The third-order valence-corrected chi connectivity index (χ3v) is 3.93. The van der Waals surface area contributed by atoms with Crippen LogP contribution in [0, 0.1) is 0 Å². The molecule has 0 heterocycles. The molecule has 2 nitrogen and oxygen atoms in total. The Balaban J connectivity index is 3.57. The van der Waals surface area contributed by atoms with E-state index in [2.05, 4.69) is 13.8 Å². The van der Waals surface area contributed by atoms with Gasteiger partial charge in [0.15, 0.2) is 0 Å². The summed E-state index contributed by atoms with van der Waals surface area (Å²) < 4.78 is 5.45. The zero-order valence-corrected chi connectivity index (χ0v) is 13.5. The SMILES string of the molecule is CCCCCCC[C@H](O)[C@@H](CCCCCCC)OC. The van der Waals surface area contributed by atoms with Crippen LogP contribution in [0.25, 0.3) is 0 Å². The van der Waals surface area contributed by atoms with Gasteiger partial charge in [0.05, 0.1) is 12.2 Å². The maximum atomic E-state index is 10.1. The molecule has 0 aromatic heterocycles. The predicted octanol–water partition coefficient (Wildman–Crippen LogP) is 5.08. The van der Waals surface area contributed by atoms with Crippen molar-refractivity contribution < 1.29 is 9.84 Å². The molecule has 0 aromatic carbocycles. The molecular weight excluding hydrogens is 236 g/mol. The Labute approximate surface area is 120 Å². The smallest absolute Gasteiger partial charge is 0.0830 e. The van der Waals surface area contributed by atoms with Crippen LogP contribution in [0.5, 0.6) is 0 Å². The normalized spacial score (nSPS) is 14.5. The van der Waals surface area contributed by atoms with Crippen molar-refractivity contribution in [2.45, 2.75) is 103 Å². The zero-order chi connectivity index (χ0) is 14.3. The number of rotatable bonds is 14. The summed E-state index contributed by atoms with van der Waals surface area (Å²) in [5.74, 6) is 0. The highest BCUT2D eigenvalue weighted by molar-refractivity contribution is 4.69. The van der Waals surface area contributed by atoms with Gasteiger partial charge in [0, 0.05) is 7.11 Å². The fourth-order valence-corrected chi connectivity index (χ4v) is 2.56. The Morgan fingerprint density at radius 1 is 0.737 bits per heavy atom. The minimum Gasteiger partial charge on any atom is -0.390 e. The lowest BCUT2D eigenvalue weighted by Gasteiger charge is -2.21. The van der Waals surface area contributed by atoms with Crippen molar-refractivity contribution in [2.24, 2.45) is 0 Å². The maximum Gasteiger partial charge on any atom is 0.0830 e. The highest BCUT2D eigenvalue weighted by Crippen LogP contribution is 2.16. The molecule has 0 unspecified atom stereocenters. The van der Waals surface area contributed by atoms with E-state index in [1.54, 1.807) is 7.11 Å². The Hall–Kier alpha value is -0.0800. The van der Waals surface area contributed by atoms with Crippen molar-refractivity contribution >= 4 is 0 Å². The molecule has 0 saturated carbocycles. The van der Waals surface area contributed by atoms with Gasteiger partial charge >= 0.3 is 0 Å². The summed E-state index contributed by atoms with van der Waals surface area (Å²) in [6.07, 6.45) is 14.4. The van der Waals surface area contributed by atoms with Crippen LogP contribution in [-0.4, -0.2) is 24.4 Å². The number of hydrogen-bond acceptors (Lipinski definition) is 2. The van der Waals surface area contributed by atoms with Gasteiger partial charge in [-0.3, -0.25) is 0 Å². The molecule has 0 aliphatic heterocycles. The van der Waals surface area contributed by atoms with E-state index in [1.807, 2.05) is 0 Å². The van der Waals surface area contributed by atoms with Gasteiger partial charge in [-0.05, 0) is 12.8 Å². The van der Waals surface area contributed by atoms with Crippen LogP contribution in [0.2, 0.25) is 0 Å². The topological polar surface area (TPSA) is 29.5 Å². The molecule has 0 aliphatic rings. The summed E-state index contributed by atoms with van der Waals surface area (Å²) in [7, 11) is 1.73. The first-order valence-electron chi connectivity index (χ1n) is 8.47. The summed E-state index contributed by atoms with van der Waals surface area (Å²) in [4.78, 5) is 0. The van der Waals surface area contributed by atoms with Crippen molar-refractivity contribution in [2.75, 3.05) is 7.11 Å². The predicted molar refractivity (Wildman–Crippen MR) is 83.6 cm³/mol. The van der Waals surface area contributed by atoms with Crippen molar-refractivity contribution in [3.05, 3.63) is 0 Å². The molecule has 0 amide bonds. The first-order chi connectivity index (χ1) is 9.26. The lowest BCUT2D eigenvalue weighted by atomic mass is 10.00. The van der Waals surface area contributed by atoms with E-state index >= 15 is 0 Å². The number of aliphatic hydroxyl groups is 1. The van der Waals surface area contributed by atoms with E-state index in [-0.39, 0.29) is 12.2 Å². The van der Waals surface area contributed by atoms with Crippen LogP contribution >= 0.6 is 0 Å². The first kappa shape index (κ1) is 18.9. The van der Waals surface area contributed by atoms with Gasteiger partial charge in [-0.1, -0.05) is 78.1 Å². The molecule has 0 spiro atoms. The lowest BCUT2D eigenvalue weighted by molar-refractivity contribution is -0.0221. The molecule has 116 valence electrons. The largest absolute Gasteiger partial charge is 0.390 e. The Morgan fingerprint density at radius 2 is 1.21 bits per heavy atom. The lowest BCUT2D eigenvalue weighted by Crippen LogP contribution is -2.27. The Kier molecular flexibility index (Phi) is 14.3. The Morgan fingerprint density at radius 3 is 1.68 bits per heavy atom. The van der Waals surface area contributed by atoms with E-state index in [9.17, 15) is 5.11 Å². The van der Waals surface area contributed by atoms with Gasteiger partial charge < -0.3 is 9.84 Å². The summed E-state index contributed by atoms with van der Waals surface area (Å²) in [5, 5.41) is 10.1. The minimum absolute atomic E-state index is 0.0489. The summed E-state index contributed by atoms with van der Waals surface area (Å²) >= 11 is 0. The summed E-state index contributed by atoms with van der Waals surface area (Å²) in [5.41, 5.74) is 0. The number of unbranched alkanes of at least 4 members (excludes halogenated alkanes) is 8. The molecule has 0 rings (SSSR count). The standard InChI is InChI=1S/C17H36O2/c1-4-6-8-10-12-14-16(18)17(19-3)15-13-11-9-7-5-2/h16-18H,4-15H2,1-3H3/t16-,17+/m0/s1. The van der Waals surface area contributed by atoms with Gasteiger partial charge in [0.1, 0.15) is 0 Å². The molecule has 0 saturated heterocycles. The van der Waals surface area contributed by atoms with Crippen molar-refractivity contribution in [3.63, 3.8) is 0 Å². The highest BCUT2D eigenvalue weighted by atomic mass is 16.5. The fourth-order valence-electron chi connectivity index (χ4n) is 2.56. The van der Waals surface area contributed by atoms with Crippen LogP contribution in [0.15, 0.2) is 0 Å². The number of ether oxygens (including phenoxy) is 1. The quantitative estimate of drug-likeness (QED) is 0.447. The molecule has 0 fully saturated rings. The summed E-state index contributed by atoms with van der Waals surface area (Å²) in [6, 6.07) is 0. The fraction of sp³-hybridized carbons (Fsp3) is 1.00. The molecule has 0 aliphatic carbocycles. The average molecular weight is 272 g/mol. The third-order valence-electron chi connectivity index (χ3n) is 3.93. The van der Waals surface area contributed by atoms with Crippen LogP contribution in [0.1, 0.15) is 90.9 Å². The molecule has 2 atom stereocenters. The van der Waals surface area contributed by atoms with E-state index in [0.29, 0.717) is 0 Å². The van der Waals surface area contributed by atoms with Crippen LogP contribution < -0.4 is 0 Å². The van der Waals surface area contributed by atoms with Crippen molar-refractivity contribution in [1.82, 2.24) is 0 Å². The van der Waals surface area contributed by atoms with Crippen LogP contribution in [0.4, 0.5) is 0 Å². The number of hydrogen-bond donors (Lipinski definition) is 1. The minimum atomic E-state index is -0.266. The van der Waals surface area contributed by atoms with Crippen LogP contribution in [0.3, 0.4) is 0 Å². The number of aliphatic hydroxyl groups excluding tert-OH is 1. The third kappa shape index (κ3) is 11.4. The molecule has 0 aromatic rings. The zero-order valence-electron chi connectivity index (χ0n) is 13.5. The van der Waals surface area contributed by atoms with Gasteiger partial charge in [-0.15, -0.1) is 0 Å². The van der Waals surface area contributed by atoms with E-state index in [0.717, 1.165) is 19.3 Å². The van der Waals surface area contributed by atoms with Crippen LogP contribution in [-0.2, 0) is 4.74 Å². The van der Waals surface area contributed by atoms with Gasteiger partial charge in [0.25, 0.3) is 0 Å². The molecule has 19 heavy (non-hydrogen) atoms. The van der Waals surface area contributed by atoms with E-state index in [4.69, 9.17) is 4.74 Å². The first-order valence-corrected chi connectivity index (χ1v) is 8.47. The average Bonchev–Trinajstić information content (AvgIpc) is 2.42.